The first-order chi connectivity index (χ1) is 6.07. The molecule has 0 saturated heterocycles. The third kappa shape index (κ3) is 1.87. The summed E-state index contributed by atoms with van der Waals surface area (Å²) >= 11 is 5.51. The summed E-state index contributed by atoms with van der Waals surface area (Å²) in [5.41, 5.74) is 4.63. The van der Waals surface area contributed by atoms with E-state index in [1.807, 2.05) is 0 Å². The number of hydrogen-bond donors (Lipinski definition) is 2. The Morgan fingerprint density at radius 2 is 2.23 bits per heavy atom. The van der Waals surface area contributed by atoms with E-state index < -0.39 is 17.7 Å². The summed E-state index contributed by atoms with van der Waals surface area (Å²) in [4.78, 5) is 3.49. The van der Waals surface area contributed by atoms with Crippen LogP contribution in [0.1, 0.15) is 17.6 Å². The van der Waals surface area contributed by atoms with Crippen LogP contribution in [0.25, 0.3) is 0 Å². The highest BCUT2D eigenvalue weighted by Gasteiger charge is 2.20. The van der Waals surface area contributed by atoms with Crippen LogP contribution in [0, 0.1) is 0 Å². The van der Waals surface area contributed by atoms with Gasteiger partial charge in [-0.1, -0.05) is 11.6 Å². The standard InChI is InChI=1S/C7H7ClF2N2O/c8-6-3(1-11)5(7(9)10)4(13)2-12-6/h2,7,13H,1,11H2. The van der Waals surface area contributed by atoms with Crippen molar-refractivity contribution in [3.63, 3.8) is 0 Å². The van der Waals surface area contributed by atoms with Crippen molar-refractivity contribution in [2.75, 3.05) is 0 Å². The van der Waals surface area contributed by atoms with E-state index in [9.17, 15) is 8.78 Å². The number of aromatic hydroxyl groups is 1. The minimum atomic E-state index is -2.81. The molecule has 72 valence electrons. The molecule has 1 heterocycles. The van der Waals surface area contributed by atoms with Gasteiger partial charge < -0.3 is 10.8 Å². The van der Waals surface area contributed by atoms with Gasteiger partial charge >= 0.3 is 0 Å². The lowest BCUT2D eigenvalue weighted by Gasteiger charge is -2.09. The molecule has 13 heavy (non-hydrogen) atoms. The van der Waals surface area contributed by atoms with Crippen LogP contribution in [0.4, 0.5) is 8.78 Å². The van der Waals surface area contributed by atoms with Crippen molar-refractivity contribution in [1.82, 2.24) is 4.98 Å². The van der Waals surface area contributed by atoms with E-state index in [2.05, 4.69) is 4.98 Å². The number of hydrogen-bond acceptors (Lipinski definition) is 3. The Morgan fingerprint density at radius 1 is 1.62 bits per heavy atom. The van der Waals surface area contributed by atoms with Gasteiger partial charge in [-0.15, -0.1) is 0 Å². The Labute approximate surface area is 78.1 Å². The van der Waals surface area contributed by atoms with E-state index in [1.54, 1.807) is 0 Å². The zero-order valence-electron chi connectivity index (χ0n) is 6.47. The smallest absolute Gasteiger partial charge is 0.267 e. The van der Waals surface area contributed by atoms with Gasteiger partial charge in [-0.2, -0.15) is 0 Å². The van der Waals surface area contributed by atoms with Crippen LogP contribution in [0.3, 0.4) is 0 Å². The lowest BCUT2D eigenvalue weighted by atomic mass is 10.1. The molecule has 0 aliphatic heterocycles. The molecule has 0 bridgehead atoms. The van der Waals surface area contributed by atoms with Crippen LogP contribution in [0.15, 0.2) is 6.20 Å². The van der Waals surface area contributed by atoms with Crippen LogP contribution < -0.4 is 5.73 Å². The van der Waals surface area contributed by atoms with Crippen LogP contribution in [0.2, 0.25) is 5.15 Å². The van der Waals surface area contributed by atoms with Gasteiger partial charge in [0, 0.05) is 12.1 Å². The van der Waals surface area contributed by atoms with Crippen molar-refractivity contribution in [1.29, 1.82) is 0 Å². The second-order valence-corrected chi connectivity index (χ2v) is 2.69. The predicted octanol–water partition coefficient (Wildman–Crippen LogP) is 1.84. The molecule has 3 N–H and O–H groups in total. The maximum Gasteiger partial charge on any atom is 0.267 e. The fraction of sp³-hybridized carbons (Fsp3) is 0.286. The molecule has 0 aliphatic carbocycles. The van der Waals surface area contributed by atoms with Crippen molar-refractivity contribution < 1.29 is 13.9 Å². The van der Waals surface area contributed by atoms with Crippen molar-refractivity contribution in [3.8, 4) is 5.75 Å². The molecule has 0 amide bonds. The number of halogens is 3. The first-order valence-corrected chi connectivity index (χ1v) is 3.80. The third-order valence-electron chi connectivity index (χ3n) is 1.57. The molecule has 0 fully saturated rings. The molecule has 1 aromatic heterocycles. The largest absolute Gasteiger partial charge is 0.506 e. The zero-order valence-corrected chi connectivity index (χ0v) is 7.22. The third-order valence-corrected chi connectivity index (χ3v) is 1.90. The topological polar surface area (TPSA) is 59.1 Å². The fourth-order valence-electron chi connectivity index (χ4n) is 0.969. The van der Waals surface area contributed by atoms with E-state index in [0.717, 1.165) is 6.20 Å². The lowest BCUT2D eigenvalue weighted by molar-refractivity contribution is 0.146. The summed E-state index contributed by atoms with van der Waals surface area (Å²) in [7, 11) is 0. The SMILES string of the molecule is NCc1c(Cl)ncc(O)c1C(F)F. The van der Waals surface area contributed by atoms with Gasteiger partial charge in [-0.3, -0.25) is 0 Å². The predicted molar refractivity (Wildman–Crippen MR) is 43.8 cm³/mol. The van der Waals surface area contributed by atoms with Crippen LogP contribution in [-0.4, -0.2) is 10.1 Å². The van der Waals surface area contributed by atoms with Gasteiger partial charge in [-0.05, 0) is 0 Å². The van der Waals surface area contributed by atoms with Gasteiger partial charge in [0.1, 0.15) is 10.9 Å². The highest BCUT2D eigenvalue weighted by molar-refractivity contribution is 6.30. The first kappa shape index (κ1) is 10.1. The van der Waals surface area contributed by atoms with Crippen molar-refractivity contribution in [2.24, 2.45) is 5.73 Å². The highest BCUT2D eigenvalue weighted by Crippen LogP contribution is 2.33. The highest BCUT2D eigenvalue weighted by atomic mass is 35.5. The average Bonchev–Trinajstić information content (AvgIpc) is 2.07. The van der Waals surface area contributed by atoms with Gasteiger partial charge in [-0.25, -0.2) is 13.8 Å². The van der Waals surface area contributed by atoms with E-state index in [-0.39, 0.29) is 17.3 Å². The maximum atomic E-state index is 12.4. The molecule has 0 atom stereocenters. The first-order valence-electron chi connectivity index (χ1n) is 3.42. The number of pyridine rings is 1. The number of nitrogens with two attached hydrogens (primary N) is 1. The molecule has 0 spiro atoms. The molecule has 0 saturated carbocycles. The quantitative estimate of drug-likeness (QED) is 0.729. The Bertz CT molecular complexity index is 320. The van der Waals surface area contributed by atoms with Crippen LogP contribution >= 0.6 is 11.6 Å². The Morgan fingerprint density at radius 3 is 2.62 bits per heavy atom. The molecule has 6 heteroatoms. The normalized spacial score (nSPS) is 10.8. The summed E-state index contributed by atoms with van der Waals surface area (Å²) in [6.07, 6.45) is -1.93. The second kappa shape index (κ2) is 3.85. The maximum absolute atomic E-state index is 12.4. The number of aromatic nitrogens is 1. The molecule has 1 aromatic rings. The summed E-state index contributed by atoms with van der Waals surface area (Å²) < 4.78 is 24.7. The zero-order chi connectivity index (χ0) is 10.0. The van der Waals surface area contributed by atoms with E-state index in [4.69, 9.17) is 22.4 Å². The lowest BCUT2D eigenvalue weighted by Crippen LogP contribution is -2.04. The minimum absolute atomic E-state index is 0.0170. The van der Waals surface area contributed by atoms with Crippen LogP contribution in [0.5, 0.6) is 5.75 Å². The van der Waals surface area contributed by atoms with Gasteiger partial charge in [0.05, 0.1) is 11.8 Å². The molecule has 0 aromatic carbocycles. The molecule has 3 nitrogen and oxygen atoms in total. The number of alkyl halides is 2. The number of rotatable bonds is 2. The van der Waals surface area contributed by atoms with Crippen molar-refractivity contribution in [3.05, 3.63) is 22.5 Å². The molecular formula is C7H7ClF2N2O. The van der Waals surface area contributed by atoms with E-state index >= 15 is 0 Å². The van der Waals surface area contributed by atoms with Gasteiger partial charge in [0.15, 0.2) is 0 Å². The average molecular weight is 209 g/mol. The Balaban J connectivity index is 3.35. The molecule has 1 rings (SSSR count). The Kier molecular flexibility index (Phi) is 3.00. The molecule has 0 aliphatic rings. The Hall–Kier alpha value is -0.940. The summed E-state index contributed by atoms with van der Waals surface area (Å²) in [6, 6.07) is 0. The summed E-state index contributed by atoms with van der Waals surface area (Å²) in [5.74, 6) is -0.583. The molecule has 0 unspecified atom stereocenters. The van der Waals surface area contributed by atoms with Crippen molar-refractivity contribution >= 4 is 11.6 Å². The molecular weight excluding hydrogens is 202 g/mol. The van der Waals surface area contributed by atoms with Crippen LogP contribution in [-0.2, 0) is 6.54 Å². The van der Waals surface area contributed by atoms with E-state index in [1.165, 1.54) is 0 Å². The van der Waals surface area contributed by atoms with Gasteiger partial charge in [0.25, 0.3) is 6.43 Å². The number of nitrogens with zero attached hydrogens (tertiary/aromatic N) is 1. The monoisotopic (exact) mass is 208 g/mol. The summed E-state index contributed by atoms with van der Waals surface area (Å²) in [5, 5.41) is 8.96. The molecule has 0 radical (unpaired) electrons. The summed E-state index contributed by atoms with van der Waals surface area (Å²) in [6.45, 7) is -0.181. The fourth-order valence-corrected chi connectivity index (χ4v) is 1.20. The van der Waals surface area contributed by atoms with Crippen molar-refractivity contribution in [2.45, 2.75) is 13.0 Å². The minimum Gasteiger partial charge on any atom is -0.506 e. The van der Waals surface area contributed by atoms with E-state index in [0.29, 0.717) is 0 Å². The second-order valence-electron chi connectivity index (χ2n) is 2.33. The van der Waals surface area contributed by atoms with Gasteiger partial charge in [0.2, 0.25) is 0 Å².